The van der Waals surface area contributed by atoms with Gasteiger partial charge in [-0.05, 0) is 23.8 Å². The lowest BCUT2D eigenvalue weighted by Crippen LogP contribution is -2.35. The predicted molar refractivity (Wildman–Crippen MR) is 75.3 cm³/mol. The number of hydrogen-bond donors (Lipinski definition) is 2. The van der Waals surface area contributed by atoms with Crippen LogP contribution in [-0.2, 0) is 19.1 Å². The molecule has 0 fully saturated rings. The molecule has 0 saturated carbocycles. The Bertz CT molecular complexity index is 587. The molecule has 7 nitrogen and oxygen atoms in total. The van der Waals surface area contributed by atoms with Gasteiger partial charge in [-0.1, -0.05) is 12.1 Å². The number of carbonyl (C=O) groups is 3. The molecular formula is C14H14F2N2O5. The van der Waals surface area contributed by atoms with Crippen LogP contribution in [0, 0.1) is 0 Å². The third-order valence-corrected chi connectivity index (χ3v) is 2.32. The van der Waals surface area contributed by atoms with Crippen molar-refractivity contribution in [2.45, 2.75) is 6.61 Å². The lowest BCUT2D eigenvalue weighted by atomic mass is 10.2. The minimum absolute atomic E-state index is 0.00847. The van der Waals surface area contributed by atoms with Gasteiger partial charge in [0.2, 0.25) is 5.91 Å². The highest BCUT2D eigenvalue weighted by Crippen LogP contribution is 2.15. The zero-order chi connectivity index (χ0) is 17.2. The van der Waals surface area contributed by atoms with E-state index in [9.17, 15) is 23.2 Å². The van der Waals surface area contributed by atoms with Crippen LogP contribution in [0.2, 0.25) is 0 Å². The second-order valence-electron chi connectivity index (χ2n) is 4.13. The van der Waals surface area contributed by atoms with Crippen molar-refractivity contribution in [3.8, 4) is 5.75 Å². The van der Waals surface area contributed by atoms with Gasteiger partial charge in [0.15, 0.2) is 6.61 Å². The maximum atomic E-state index is 12.0. The maximum Gasteiger partial charge on any atom is 0.387 e. The first-order valence-corrected chi connectivity index (χ1v) is 6.31. The van der Waals surface area contributed by atoms with Crippen molar-refractivity contribution in [2.24, 2.45) is 5.73 Å². The van der Waals surface area contributed by atoms with E-state index in [0.717, 1.165) is 6.08 Å². The number of alkyl halides is 2. The minimum atomic E-state index is -2.91. The summed E-state index contributed by atoms with van der Waals surface area (Å²) < 4.78 is 32.7. The molecule has 0 radical (unpaired) electrons. The van der Waals surface area contributed by atoms with Crippen molar-refractivity contribution < 1.29 is 32.6 Å². The van der Waals surface area contributed by atoms with E-state index in [1.807, 2.05) is 0 Å². The third kappa shape index (κ3) is 8.15. The first-order chi connectivity index (χ1) is 10.9. The molecule has 0 aliphatic heterocycles. The molecule has 0 aromatic heterocycles. The number of primary amides is 1. The van der Waals surface area contributed by atoms with Crippen molar-refractivity contribution in [1.29, 1.82) is 0 Å². The Hall–Kier alpha value is -2.97. The summed E-state index contributed by atoms with van der Waals surface area (Å²) in [4.78, 5) is 32.9. The summed E-state index contributed by atoms with van der Waals surface area (Å²) >= 11 is 0. The van der Waals surface area contributed by atoms with Crippen LogP contribution in [0.3, 0.4) is 0 Å². The molecule has 2 amide bonds. The molecule has 124 valence electrons. The van der Waals surface area contributed by atoms with Crippen LogP contribution in [0.25, 0.3) is 6.08 Å². The Morgan fingerprint density at radius 3 is 2.43 bits per heavy atom. The molecule has 0 atom stereocenters. The second-order valence-corrected chi connectivity index (χ2v) is 4.13. The monoisotopic (exact) mass is 328 g/mol. The number of esters is 1. The molecule has 0 bridgehead atoms. The number of ether oxygens (including phenoxy) is 2. The van der Waals surface area contributed by atoms with Crippen LogP contribution in [0.1, 0.15) is 5.56 Å². The fourth-order valence-corrected chi connectivity index (χ4v) is 1.35. The molecule has 3 N–H and O–H groups in total. The van der Waals surface area contributed by atoms with Crippen molar-refractivity contribution >= 4 is 23.9 Å². The Morgan fingerprint density at radius 1 is 1.22 bits per heavy atom. The van der Waals surface area contributed by atoms with Gasteiger partial charge in [0, 0.05) is 6.08 Å². The molecule has 0 spiro atoms. The van der Waals surface area contributed by atoms with E-state index in [1.54, 1.807) is 0 Å². The number of nitrogens with one attached hydrogen (secondary N) is 1. The summed E-state index contributed by atoms with van der Waals surface area (Å²) in [7, 11) is 0. The first-order valence-electron chi connectivity index (χ1n) is 6.31. The number of rotatable bonds is 8. The molecule has 0 saturated heterocycles. The van der Waals surface area contributed by atoms with Gasteiger partial charge in [-0.2, -0.15) is 8.78 Å². The third-order valence-electron chi connectivity index (χ3n) is 2.32. The largest absolute Gasteiger partial charge is 0.452 e. The van der Waals surface area contributed by atoms with Crippen molar-refractivity contribution in [3.05, 3.63) is 35.9 Å². The van der Waals surface area contributed by atoms with Crippen molar-refractivity contribution in [2.75, 3.05) is 13.2 Å². The van der Waals surface area contributed by atoms with E-state index in [-0.39, 0.29) is 12.3 Å². The molecule has 0 heterocycles. The van der Waals surface area contributed by atoms with Gasteiger partial charge >= 0.3 is 12.6 Å². The number of hydrogen-bond acceptors (Lipinski definition) is 5. The Labute approximate surface area is 130 Å². The second kappa shape index (κ2) is 9.13. The fourth-order valence-electron chi connectivity index (χ4n) is 1.35. The minimum Gasteiger partial charge on any atom is -0.452 e. The van der Waals surface area contributed by atoms with Crippen LogP contribution < -0.4 is 15.8 Å². The standard InChI is InChI=1S/C14H14F2N2O5/c15-14(16)23-10-4-1-9(2-5-10)3-6-13(21)22-8-12(20)18-7-11(17)19/h1-6,14H,7-8H2,(H2,17,19)(H,18,20)/b6-3+. The van der Waals surface area contributed by atoms with Gasteiger partial charge in [0.25, 0.3) is 5.91 Å². The summed E-state index contributed by atoms with van der Waals surface area (Å²) in [6.07, 6.45) is 2.43. The van der Waals surface area contributed by atoms with Gasteiger partial charge in [0.1, 0.15) is 5.75 Å². The predicted octanol–water partition coefficient (Wildman–Crippen LogP) is 0.446. The molecular weight excluding hydrogens is 314 g/mol. The molecule has 23 heavy (non-hydrogen) atoms. The zero-order valence-corrected chi connectivity index (χ0v) is 11.8. The van der Waals surface area contributed by atoms with E-state index < -0.39 is 31.0 Å². The maximum absolute atomic E-state index is 12.0. The van der Waals surface area contributed by atoms with Crippen LogP contribution in [-0.4, -0.2) is 37.5 Å². The van der Waals surface area contributed by atoms with Gasteiger partial charge in [-0.25, -0.2) is 4.79 Å². The van der Waals surface area contributed by atoms with E-state index >= 15 is 0 Å². The first kappa shape index (κ1) is 18.1. The highest BCUT2D eigenvalue weighted by molar-refractivity contribution is 5.90. The quantitative estimate of drug-likeness (QED) is 0.532. The van der Waals surface area contributed by atoms with Crippen LogP contribution in [0.4, 0.5) is 8.78 Å². The molecule has 9 heteroatoms. The fraction of sp³-hybridized carbons (Fsp3) is 0.214. The van der Waals surface area contributed by atoms with E-state index in [0.29, 0.717) is 5.56 Å². The summed E-state index contributed by atoms with van der Waals surface area (Å²) in [6, 6.07) is 5.55. The highest BCUT2D eigenvalue weighted by atomic mass is 19.3. The topological polar surface area (TPSA) is 108 Å². The van der Waals surface area contributed by atoms with Gasteiger partial charge in [-0.15, -0.1) is 0 Å². The summed E-state index contributed by atoms with van der Waals surface area (Å²) in [5.41, 5.74) is 5.37. The van der Waals surface area contributed by atoms with E-state index in [1.165, 1.54) is 30.3 Å². The van der Waals surface area contributed by atoms with Crippen LogP contribution in [0.15, 0.2) is 30.3 Å². The lowest BCUT2D eigenvalue weighted by Gasteiger charge is -2.04. The van der Waals surface area contributed by atoms with Crippen molar-refractivity contribution in [1.82, 2.24) is 5.32 Å². The highest BCUT2D eigenvalue weighted by Gasteiger charge is 2.06. The number of amides is 2. The van der Waals surface area contributed by atoms with Gasteiger partial charge in [-0.3, -0.25) is 9.59 Å². The van der Waals surface area contributed by atoms with Crippen molar-refractivity contribution in [3.63, 3.8) is 0 Å². The average molecular weight is 328 g/mol. The lowest BCUT2D eigenvalue weighted by molar-refractivity contribution is -0.143. The summed E-state index contributed by atoms with van der Waals surface area (Å²) in [5.74, 6) is -2.18. The van der Waals surface area contributed by atoms with Gasteiger partial charge in [0.05, 0.1) is 6.54 Å². The molecule has 1 rings (SSSR count). The van der Waals surface area contributed by atoms with E-state index in [4.69, 9.17) is 5.73 Å². The van der Waals surface area contributed by atoms with Crippen LogP contribution >= 0.6 is 0 Å². The normalized spacial score (nSPS) is 10.6. The Kier molecular flexibility index (Phi) is 7.18. The van der Waals surface area contributed by atoms with Crippen LogP contribution in [0.5, 0.6) is 5.75 Å². The summed E-state index contributed by atoms with van der Waals surface area (Å²) in [5, 5.41) is 2.14. The zero-order valence-electron chi connectivity index (χ0n) is 11.8. The Morgan fingerprint density at radius 2 is 1.87 bits per heavy atom. The molecule has 1 aromatic rings. The molecule has 0 aliphatic rings. The molecule has 0 aliphatic carbocycles. The average Bonchev–Trinajstić information content (AvgIpc) is 2.49. The van der Waals surface area contributed by atoms with Gasteiger partial charge < -0.3 is 20.5 Å². The van der Waals surface area contributed by atoms with E-state index in [2.05, 4.69) is 14.8 Å². The summed E-state index contributed by atoms with van der Waals surface area (Å²) in [6.45, 7) is -3.82. The number of benzene rings is 1. The molecule has 1 aromatic carbocycles. The SMILES string of the molecule is NC(=O)CNC(=O)COC(=O)/C=C/c1ccc(OC(F)F)cc1. The molecule has 0 unspecified atom stereocenters. The number of nitrogens with two attached hydrogens (primary N) is 1. The smallest absolute Gasteiger partial charge is 0.387 e. The number of carbonyl (C=O) groups excluding carboxylic acids is 3. The Balaban J connectivity index is 2.40. The number of halogens is 2.